The molecule has 2 rings (SSSR count). The first-order valence-corrected chi connectivity index (χ1v) is 7.60. The Morgan fingerprint density at radius 1 is 1.15 bits per heavy atom. The highest BCUT2D eigenvalue weighted by Crippen LogP contribution is 2.27. The normalized spacial score (nSPS) is 11.3. The van der Waals surface area contributed by atoms with E-state index in [2.05, 4.69) is 20.7 Å². The summed E-state index contributed by atoms with van der Waals surface area (Å²) in [5.41, 5.74) is 5.31. The first kappa shape index (κ1) is 14.7. The van der Waals surface area contributed by atoms with Crippen molar-refractivity contribution in [1.82, 2.24) is 0 Å². The molecule has 8 heteroatoms. The highest BCUT2D eigenvalue weighted by atomic mass is 79.9. The van der Waals surface area contributed by atoms with Gasteiger partial charge in [-0.15, -0.1) is 0 Å². The van der Waals surface area contributed by atoms with Crippen LogP contribution in [0.15, 0.2) is 45.8 Å². The number of nitrogens with one attached hydrogen (secondary N) is 1. The van der Waals surface area contributed by atoms with Crippen molar-refractivity contribution in [2.24, 2.45) is 0 Å². The molecule has 2 aromatic carbocycles. The number of hydrogen-bond acceptors (Lipinski definition) is 3. The van der Waals surface area contributed by atoms with E-state index in [4.69, 9.17) is 5.73 Å². The highest BCUT2D eigenvalue weighted by molar-refractivity contribution is 9.10. The second kappa shape index (κ2) is 5.37. The molecule has 0 aliphatic carbocycles. The molecule has 0 saturated carbocycles. The second-order valence-corrected chi connectivity index (χ2v) is 6.43. The van der Waals surface area contributed by atoms with Crippen LogP contribution in [0.1, 0.15) is 0 Å². The standard InChI is InChI=1S/C12H9BrF2N2O2S/c13-9-5-12(11(16)6-10(9)15)20(18,19)17-8-3-1-2-7(14)4-8/h1-6,17H,16H2. The van der Waals surface area contributed by atoms with Gasteiger partial charge in [0.15, 0.2) is 0 Å². The Balaban J connectivity index is 2.43. The number of rotatable bonds is 3. The minimum Gasteiger partial charge on any atom is -0.398 e. The molecule has 0 bridgehead atoms. The van der Waals surface area contributed by atoms with E-state index in [1.54, 1.807) is 0 Å². The van der Waals surface area contributed by atoms with Crippen LogP contribution in [0.25, 0.3) is 0 Å². The van der Waals surface area contributed by atoms with Gasteiger partial charge in [-0.3, -0.25) is 4.72 Å². The lowest BCUT2D eigenvalue weighted by Crippen LogP contribution is -2.15. The van der Waals surface area contributed by atoms with Crippen molar-refractivity contribution in [1.29, 1.82) is 0 Å². The van der Waals surface area contributed by atoms with E-state index >= 15 is 0 Å². The quantitative estimate of drug-likeness (QED) is 0.824. The summed E-state index contributed by atoms with van der Waals surface area (Å²) >= 11 is 2.89. The Bertz CT molecular complexity index is 766. The third-order valence-corrected chi connectivity index (χ3v) is 4.46. The van der Waals surface area contributed by atoms with Crippen molar-refractivity contribution in [2.45, 2.75) is 4.90 Å². The van der Waals surface area contributed by atoms with Gasteiger partial charge in [0.25, 0.3) is 10.0 Å². The molecule has 0 saturated heterocycles. The minimum atomic E-state index is -4.04. The molecule has 4 nitrogen and oxygen atoms in total. The highest BCUT2D eigenvalue weighted by Gasteiger charge is 2.20. The Kier molecular flexibility index (Phi) is 3.96. The smallest absolute Gasteiger partial charge is 0.263 e. The fraction of sp³-hybridized carbons (Fsp3) is 0. The fourth-order valence-corrected chi connectivity index (χ4v) is 3.22. The van der Waals surface area contributed by atoms with E-state index in [0.717, 1.165) is 18.2 Å². The molecule has 3 N–H and O–H groups in total. The SMILES string of the molecule is Nc1cc(F)c(Br)cc1S(=O)(=O)Nc1cccc(F)c1. The van der Waals surface area contributed by atoms with E-state index in [1.807, 2.05) is 0 Å². The lowest BCUT2D eigenvalue weighted by atomic mass is 10.3. The molecular weight excluding hydrogens is 354 g/mol. The lowest BCUT2D eigenvalue weighted by molar-refractivity contribution is 0.599. The average molecular weight is 363 g/mol. The molecule has 0 spiro atoms. The van der Waals surface area contributed by atoms with Crippen LogP contribution in [0.2, 0.25) is 0 Å². The van der Waals surface area contributed by atoms with E-state index in [-0.39, 0.29) is 20.7 Å². The summed E-state index contributed by atoms with van der Waals surface area (Å²) in [5, 5.41) is 0. The van der Waals surface area contributed by atoms with Gasteiger partial charge in [0.05, 0.1) is 15.8 Å². The molecule has 0 unspecified atom stereocenters. The molecule has 2 aromatic rings. The molecule has 0 radical (unpaired) electrons. The van der Waals surface area contributed by atoms with Crippen molar-refractivity contribution < 1.29 is 17.2 Å². The van der Waals surface area contributed by atoms with Crippen LogP contribution < -0.4 is 10.5 Å². The molecule has 0 amide bonds. The van der Waals surface area contributed by atoms with Crippen molar-refractivity contribution in [3.8, 4) is 0 Å². The van der Waals surface area contributed by atoms with Gasteiger partial charge in [-0.25, -0.2) is 17.2 Å². The van der Waals surface area contributed by atoms with Crippen LogP contribution in [0.4, 0.5) is 20.2 Å². The first-order valence-electron chi connectivity index (χ1n) is 5.32. The Morgan fingerprint density at radius 3 is 2.50 bits per heavy atom. The predicted octanol–water partition coefficient (Wildman–Crippen LogP) is 3.11. The van der Waals surface area contributed by atoms with Gasteiger partial charge in [-0.05, 0) is 46.3 Å². The third kappa shape index (κ3) is 3.07. The van der Waals surface area contributed by atoms with E-state index in [9.17, 15) is 17.2 Å². The molecule has 0 heterocycles. The lowest BCUT2D eigenvalue weighted by Gasteiger charge is -2.11. The predicted molar refractivity (Wildman–Crippen MR) is 75.7 cm³/mol. The van der Waals surface area contributed by atoms with Crippen LogP contribution in [-0.2, 0) is 10.0 Å². The maximum absolute atomic E-state index is 13.2. The van der Waals surface area contributed by atoms with Crippen LogP contribution in [0.3, 0.4) is 0 Å². The third-order valence-electron chi connectivity index (χ3n) is 2.42. The number of anilines is 2. The van der Waals surface area contributed by atoms with Crippen molar-refractivity contribution in [3.63, 3.8) is 0 Å². The van der Waals surface area contributed by atoms with Crippen molar-refractivity contribution in [2.75, 3.05) is 10.5 Å². The van der Waals surface area contributed by atoms with Gasteiger partial charge in [-0.1, -0.05) is 6.07 Å². The molecule has 0 fully saturated rings. The summed E-state index contributed by atoms with van der Waals surface area (Å²) in [7, 11) is -4.04. The summed E-state index contributed by atoms with van der Waals surface area (Å²) in [6.45, 7) is 0. The molecule has 0 aliphatic heterocycles. The summed E-state index contributed by atoms with van der Waals surface area (Å²) < 4.78 is 52.7. The van der Waals surface area contributed by atoms with Crippen molar-refractivity contribution >= 4 is 37.3 Å². The maximum atomic E-state index is 13.2. The van der Waals surface area contributed by atoms with Gasteiger partial charge in [0.1, 0.15) is 16.5 Å². The van der Waals surface area contributed by atoms with Crippen LogP contribution in [-0.4, -0.2) is 8.42 Å². The Morgan fingerprint density at radius 2 is 1.85 bits per heavy atom. The number of nitrogens with two attached hydrogens (primary N) is 1. The molecule has 106 valence electrons. The number of benzene rings is 2. The van der Waals surface area contributed by atoms with Gasteiger partial charge >= 0.3 is 0 Å². The zero-order valence-corrected chi connectivity index (χ0v) is 12.3. The molecule has 0 atom stereocenters. The Labute approximate surface area is 122 Å². The summed E-state index contributed by atoms with van der Waals surface area (Å²) in [6, 6.07) is 6.88. The Hall–Kier alpha value is -1.67. The zero-order valence-electron chi connectivity index (χ0n) is 9.90. The molecular formula is C12H9BrF2N2O2S. The van der Waals surface area contributed by atoms with E-state index in [1.165, 1.54) is 18.2 Å². The molecule has 0 aliphatic rings. The zero-order chi connectivity index (χ0) is 14.9. The van der Waals surface area contributed by atoms with Gasteiger partial charge in [0.2, 0.25) is 0 Å². The van der Waals surface area contributed by atoms with E-state index in [0.29, 0.717) is 0 Å². The summed E-state index contributed by atoms with van der Waals surface area (Å²) in [5.74, 6) is -1.26. The molecule has 0 aromatic heterocycles. The van der Waals surface area contributed by atoms with Gasteiger partial charge in [-0.2, -0.15) is 0 Å². The summed E-state index contributed by atoms with van der Waals surface area (Å²) in [6.07, 6.45) is 0. The largest absolute Gasteiger partial charge is 0.398 e. The number of sulfonamides is 1. The summed E-state index contributed by atoms with van der Waals surface area (Å²) in [4.78, 5) is -0.296. The molecule has 20 heavy (non-hydrogen) atoms. The number of nitrogen functional groups attached to an aromatic ring is 1. The van der Waals surface area contributed by atoms with Crippen molar-refractivity contribution in [3.05, 3.63) is 52.5 Å². The minimum absolute atomic E-state index is 0.0358. The van der Waals surface area contributed by atoms with Gasteiger partial charge < -0.3 is 5.73 Å². The first-order chi connectivity index (χ1) is 9.29. The van der Waals surface area contributed by atoms with Crippen LogP contribution in [0.5, 0.6) is 0 Å². The van der Waals surface area contributed by atoms with Crippen LogP contribution >= 0.6 is 15.9 Å². The number of halogens is 3. The van der Waals surface area contributed by atoms with Crippen LogP contribution in [0, 0.1) is 11.6 Å². The van der Waals surface area contributed by atoms with E-state index < -0.39 is 21.7 Å². The second-order valence-electron chi connectivity index (χ2n) is 3.92. The number of hydrogen-bond donors (Lipinski definition) is 2. The average Bonchev–Trinajstić information content (AvgIpc) is 2.33. The monoisotopic (exact) mass is 362 g/mol. The van der Waals surface area contributed by atoms with Gasteiger partial charge in [0, 0.05) is 0 Å². The maximum Gasteiger partial charge on any atom is 0.263 e. The topological polar surface area (TPSA) is 72.2 Å². The fourth-order valence-electron chi connectivity index (χ4n) is 1.54.